The molecule has 1 heterocycles. The zero-order valence-electron chi connectivity index (χ0n) is 16.4. The second kappa shape index (κ2) is 8.97. The Kier molecular flexibility index (Phi) is 5.95. The molecule has 3 aromatic carbocycles. The topological polar surface area (TPSA) is 74.2 Å². The van der Waals surface area contributed by atoms with Crippen LogP contribution in [0.25, 0.3) is 6.08 Å². The Morgan fingerprint density at radius 3 is 2.45 bits per heavy atom. The van der Waals surface area contributed by atoms with Gasteiger partial charge in [-0.2, -0.15) is 0 Å². The highest BCUT2D eigenvalue weighted by molar-refractivity contribution is 9.10. The van der Waals surface area contributed by atoms with Crippen LogP contribution in [0.1, 0.15) is 21.5 Å². The van der Waals surface area contributed by atoms with Gasteiger partial charge in [-0.1, -0.05) is 40.2 Å². The summed E-state index contributed by atoms with van der Waals surface area (Å²) in [6.07, 6.45) is 1.58. The van der Waals surface area contributed by atoms with Gasteiger partial charge in [-0.3, -0.25) is 0 Å². The van der Waals surface area contributed by atoms with Crippen molar-refractivity contribution >= 4 is 39.8 Å². The maximum Gasteiger partial charge on any atom is 0.363 e. The largest absolute Gasteiger partial charge is 0.493 e. The van der Waals surface area contributed by atoms with Crippen LogP contribution < -0.4 is 9.47 Å². The van der Waals surface area contributed by atoms with E-state index in [0.29, 0.717) is 22.4 Å². The van der Waals surface area contributed by atoms with Gasteiger partial charge in [0.25, 0.3) is 0 Å². The van der Waals surface area contributed by atoms with Crippen LogP contribution in [-0.2, 0) is 9.53 Å². The minimum absolute atomic E-state index is 0.161. The predicted molar refractivity (Wildman–Crippen MR) is 119 cm³/mol. The summed E-state index contributed by atoms with van der Waals surface area (Å²) >= 11 is 3.37. The molecule has 6 nitrogen and oxygen atoms in total. The molecular formula is C24H16BrNO5. The van der Waals surface area contributed by atoms with E-state index in [0.717, 1.165) is 4.47 Å². The molecule has 1 aliphatic rings. The number of ether oxygens (including phenoxy) is 3. The van der Waals surface area contributed by atoms with Crippen LogP contribution in [-0.4, -0.2) is 24.9 Å². The Labute approximate surface area is 186 Å². The normalized spacial score (nSPS) is 14.2. The average molecular weight is 478 g/mol. The maximum absolute atomic E-state index is 12.3. The molecule has 0 unspecified atom stereocenters. The summed E-state index contributed by atoms with van der Waals surface area (Å²) in [6, 6.07) is 20.9. The molecule has 1 aliphatic heterocycles. The average Bonchev–Trinajstić information content (AvgIpc) is 3.15. The molecule has 0 bridgehead atoms. The van der Waals surface area contributed by atoms with E-state index >= 15 is 0 Å². The smallest absolute Gasteiger partial charge is 0.363 e. The van der Waals surface area contributed by atoms with Gasteiger partial charge in [0, 0.05) is 10.0 Å². The Morgan fingerprint density at radius 2 is 1.74 bits per heavy atom. The van der Waals surface area contributed by atoms with E-state index in [1.807, 2.05) is 18.2 Å². The lowest BCUT2D eigenvalue weighted by atomic mass is 10.1. The number of esters is 2. The van der Waals surface area contributed by atoms with Gasteiger partial charge in [-0.25, -0.2) is 14.6 Å². The number of hydrogen-bond acceptors (Lipinski definition) is 6. The number of nitrogens with zero attached hydrogens (tertiary/aromatic N) is 1. The van der Waals surface area contributed by atoms with E-state index in [-0.39, 0.29) is 17.3 Å². The van der Waals surface area contributed by atoms with E-state index in [1.54, 1.807) is 60.7 Å². The fraction of sp³-hybridized carbons (Fsp3) is 0.0417. The third kappa shape index (κ3) is 4.73. The van der Waals surface area contributed by atoms with Crippen molar-refractivity contribution in [3.8, 4) is 11.5 Å². The van der Waals surface area contributed by atoms with Gasteiger partial charge in [-0.15, -0.1) is 0 Å². The first kappa shape index (κ1) is 20.6. The van der Waals surface area contributed by atoms with Crippen LogP contribution in [0, 0.1) is 0 Å². The van der Waals surface area contributed by atoms with Crippen LogP contribution >= 0.6 is 15.9 Å². The van der Waals surface area contributed by atoms with Gasteiger partial charge >= 0.3 is 11.9 Å². The predicted octanol–water partition coefficient (Wildman–Crippen LogP) is 5.02. The fourth-order valence-electron chi connectivity index (χ4n) is 2.87. The molecule has 4 rings (SSSR count). The third-order valence-corrected chi connectivity index (χ3v) is 4.94. The SMILES string of the molecule is COc1cc(/C=C2\N=C(c3ccc(Br)cc3)OC2=O)ccc1OC(=O)c1ccccc1. The molecule has 0 N–H and O–H groups in total. The van der Waals surface area contributed by atoms with Gasteiger partial charge in [-0.05, 0) is 60.2 Å². The van der Waals surface area contributed by atoms with Gasteiger partial charge < -0.3 is 14.2 Å². The van der Waals surface area contributed by atoms with Gasteiger partial charge in [0.15, 0.2) is 17.2 Å². The molecule has 0 aliphatic carbocycles. The standard InChI is InChI=1S/C24H16BrNO5/c1-29-21-14-15(7-12-20(21)30-23(27)17-5-3-2-4-6-17)13-19-24(28)31-22(26-19)16-8-10-18(25)11-9-16/h2-14H,1H3/b19-13-. The van der Waals surface area contributed by atoms with E-state index in [2.05, 4.69) is 20.9 Å². The number of carbonyl (C=O) groups excluding carboxylic acids is 2. The number of hydrogen-bond donors (Lipinski definition) is 0. The molecule has 0 spiro atoms. The zero-order valence-corrected chi connectivity index (χ0v) is 18.0. The van der Waals surface area contributed by atoms with Crippen molar-refractivity contribution in [1.82, 2.24) is 0 Å². The van der Waals surface area contributed by atoms with Crippen LogP contribution in [0.3, 0.4) is 0 Å². The number of aliphatic imine (C=N–C) groups is 1. The Hall–Kier alpha value is -3.71. The summed E-state index contributed by atoms with van der Waals surface area (Å²) in [4.78, 5) is 28.8. The molecule has 0 saturated carbocycles. The number of carbonyl (C=O) groups is 2. The fourth-order valence-corrected chi connectivity index (χ4v) is 3.14. The van der Waals surface area contributed by atoms with Crippen LogP contribution in [0.15, 0.2) is 88.0 Å². The minimum atomic E-state index is -0.545. The molecule has 0 aromatic heterocycles. The van der Waals surface area contributed by atoms with Crippen LogP contribution in [0.4, 0.5) is 0 Å². The molecule has 0 saturated heterocycles. The van der Waals surface area contributed by atoms with Gasteiger partial charge in [0.05, 0.1) is 12.7 Å². The minimum Gasteiger partial charge on any atom is -0.493 e. The molecule has 7 heteroatoms. The Balaban J connectivity index is 1.57. The van der Waals surface area contributed by atoms with E-state index in [4.69, 9.17) is 14.2 Å². The third-order valence-electron chi connectivity index (χ3n) is 4.41. The highest BCUT2D eigenvalue weighted by Crippen LogP contribution is 2.30. The maximum atomic E-state index is 12.3. The summed E-state index contributed by atoms with van der Waals surface area (Å²) in [5, 5.41) is 0. The Bertz CT molecular complexity index is 1200. The summed E-state index contributed by atoms with van der Waals surface area (Å²) < 4.78 is 17.0. The molecule has 154 valence electrons. The van der Waals surface area contributed by atoms with Crippen molar-refractivity contribution in [3.63, 3.8) is 0 Å². The number of benzene rings is 3. The molecule has 0 atom stereocenters. The first-order valence-corrected chi connectivity index (χ1v) is 10.1. The number of halogens is 1. The molecule has 0 amide bonds. The van der Waals surface area contributed by atoms with Gasteiger partial charge in [0.2, 0.25) is 5.90 Å². The lowest BCUT2D eigenvalue weighted by Crippen LogP contribution is -2.09. The Morgan fingerprint density at radius 1 is 1.00 bits per heavy atom. The zero-order chi connectivity index (χ0) is 21.8. The highest BCUT2D eigenvalue weighted by Gasteiger charge is 2.24. The summed E-state index contributed by atoms with van der Waals surface area (Å²) in [7, 11) is 1.47. The first-order valence-electron chi connectivity index (χ1n) is 9.27. The van der Waals surface area contributed by atoms with Crippen molar-refractivity contribution in [2.24, 2.45) is 4.99 Å². The first-order chi connectivity index (χ1) is 15.0. The van der Waals surface area contributed by atoms with E-state index < -0.39 is 11.9 Å². The number of cyclic esters (lactones) is 1. The molecule has 0 radical (unpaired) electrons. The lowest BCUT2D eigenvalue weighted by molar-refractivity contribution is -0.129. The van der Waals surface area contributed by atoms with E-state index in [1.165, 1.54) is 7.11 Å². The number of rotatable bonds is 5. The van der Waals surface area contributed by atoms with Gasteiger partial charge in [0.1, 0.15) is 0 Å². The summed E-state index contributed by atoms with van der Waals surface area (Å²) in [5.41, 5.74) is 1.93. The summed E-state index contributed by atoms with van der Waals surface area (Å²) in [6.45, 7) is 0. The second-order valence-electron chi connectivity index (χ2n) is 6.51. The van der Waals surface area contributed by atoms with Crippen LogP contribution in [0.2, 0.25) is 0 Å². The number of methoxy groups -OCH3 is 1. The second-order valence-corrected chi connectivity index (χ2v) is 7.42. The van der Waals surface area contributed by atoms with Crippen molar-refractivity contribution in [2.45, 2.75) is 0 Å². The lowest BCUT2D eigenvalue weighted by Gasteiger charge is -2.10. The highest BCUT2D eigenvalue weighted by atomic mass is 79.9. The van der Waals surface area contributed by atoms with Crippen molar-refractivity contribution < 1.29 is 23.8 Å². The molecule has 31 heavy (non-hydrogen) atoms. The van der Waals surface area contributed by atoms with Crippen molar-refractivity contribution in [1.29, 1.82) is 0 Å². The molecule has 0 fully saturated rings. The molecular weight excluding hydrogens is 462 g/mol. The molecule has 3 aromatic rings. The monoisotopic (exact) mass is 477 g/mol. The van der Waals surface area contributed by atoms with Crippen LogP contribution in [0.5, 0.6) is 11.5 Å². The van der Waals surface area contributed by atoms with Crippen molar-refractivity contribution in [3.05, 3.63) is 99.7 Å². The van der Waals surface area contributed by atoms with Crippen molar-refractivity contribution in [2.75, 3.05) is 7.11 Å². The quantitative estimate of drug-likeness (QED) is 0.293. The summed E-state index contributed by atoms with van der Waals surface area (Å²) in [5.74, 6) is -0.178. The van der Waals surface area contributed by atoms with E-state index in [9.17, 15) is 9.59 Å².